The molecule has 0 radical (unpaired) electrons. The van der Waals surface area contributed by atoms with E-state index in [9.17, 15) is 4.79 Å². The summed E-state index contributed by atoms with van der Waals surface area (Å²) in [7, 11) is 0. The van der Waals surface area contributed by atoms with Crippen LogP contribution in [0.15, 0.2) is 47.6 Å². The second kappa shape index (κ2) is 6.47. The number of hydrogen-bond acceptors (Lipinski definition) is 6. The van der Waals surface area contributed by atoms with Crippen molar-refractivity contribution in [3.63, 3.8) is 0 Å². The number of hydrogen-bond donors (Lipinski definition) is 2. The molecule has 0 spiro atoms. The molecule has 1 aromatic carbocycles. The summed E-state index contributed by atoms with van der Waals surface area (Å²) in [5, 5.41) is 10.7. The maximum absolute atomic E-state index is 11.8. The van der Waals surface area contributed by atoms with E-state index in [-0.39, 0.29) is 5.91 Å². The summed E-state index contributed by atoms with van der Waals surface area (Å²) < 4.78 is 2.09. The SMILES string of the molecule is O=C1NC(=S)S/C1=C\c1cnn2ccc(Nc3cccc(Cl)c3)nc12. The molecule has 0 aliphatic carbocycles. The van der Waals surface area contributed by atoms with Gasteiger partial charge in [0.25, 0.3) is 5.91 Å². The van der Waals surface area contributed by atoms with Crippen LogP contribution in [0.1, 0.15) is 5.56 Å². The number of fused-ring (bicyclic) bond motifs is 1. The lowest BCUT2D eigenvalue weighted by Crippen LogP contribution is -2.17. The molecular weight excluding hydrogens is 378 g/mol. The first-order valence-corrected chi connectivity index (χ1v) is 8.80. The van der Waals surface area contributed by atoms with Crippen LogP contribution in [0.25, 0.3) is 11.7 Å². The maximum Gasteiger partial charge on any atom is 0.263 e. The number of rotatable bonds is 3. The van der Waals surface area contributed by atoms with Crippen molar-refractivity contribution >= 4 is 69.0 Å². The lowest BCUT2D eigenvalue weighted by atomic mass is 10.3. The Labute approximate surface area is 157 Å². The van der Waals surface area contributed by atoms with Gasteiger partial charge in [-0.05, 0) is 30.3 Å². The number of anilines is 2. The Balaban J connectivity index is 1.69. The second-order valence-corrected chi connectivity index (χ2v) is 7.32. The van der Waals surface area contributed by atoms with Gasteiger partial charge in [0.1, 0.15) is 10.1 Å². The van der Waals surface area contributed by atoms with Crippen LogP contribution in [0.3, 0.4) is 0 Å². The van der Waals surface area contributed by atoms with Gasteiger partial charge in [-0.15, -0.1) is 0 Å². The molecule has 0 bridgehead atoms. The van der Waals surface area contributed by atoms with Gasteiger partial charge in [-0.3, -0.25) is 4.79 Å². The molecule has 3 aromatic rings. The predicted molar refractivity (Wildman–Crippen MR) is 104 cm³/mol. The molecule has 0 atom stereocenters. The standard InChI is InChI=1S/C16H10ClN5OS2/c17-10-2-1-3-11(7-10)19-13-4-5-22-14(20-13)9(8-18-22)6-12-15(23)21-16(24)25-12/h1-8H,(H,19,20)(H,21,23,24)/b12-6-. The van der Waals surface area contributed by atoms with E-state index in [0.717, 1.165) is 11.3 Å². The summed E-state index contributed by atoms with van der Waals surface area (Å²) in [6.45, 7) is 0. The van der Waals surface area contributed by atoms with E-state index in [4.69, 9.17) is 23.8 Å². The summed E-state index contributed by atoms with van der Waals surface area (Å²) in [6.07, 6.45) is 5.19. The van der Waals surface area contributed by atoms with Gasteiger partial charge in [-0.25, -0.2) is 9.50 Å². The maximum atomic E-state index is 11.8. The third-order valence-corrected chi connectivity index (χ3v) is 4.82. The van der Waals surface area contributed by atoms with Crippen LogP contribution in [0.5, 0.6) is 0 Å². The molecule has 1 fully saturated rings. The molecule has 4 rings (SSSR count). The fourth-order valence-electron chi connectivity index (χ4n) is 2.33. The zero-order chi connectivity index (χ0) is 17.4. The Hall–Kier alpha value is -2.42. The number of halogens is 1. The number of carbonyl (C=O) groups excluding carboxylic acids is 1. The smallest absolute Gasteiger partial charge is 0.263 e. The summed E-state index contributed by atoms with van der Waals surface area (Å²) in [6, 6.07) is 9.19. The van der Waals surface area contributed by atoms with E-state index < -0.39 is 0 Å². The largest absolute Gasteiger partial charge is 0.340 e. The first kappa shape index (κ1) is 16.1. The first-order chi connectivity index (χ1) is 12.1. The lowest BCUT2D eigenvalue weighted by Gasteiger charge is -2.06. The van der Waals surface area contributed by atoms with E-state index in [2.05, 4.69) is 20.7 Å². The van der Waals surface area contributed by atoms with Gasteiger partial charge >= 0.3 is 0 Å². The third-order valence-electron chi connectivity index (χ3n) is 3.42. The molecular formula is C16H10ClN5OS2. The summed E-state index contributed by atoms with van der Waals surface area (Å²) >= 11 is 12.2. The topological polar surface area (TPSA) is 71.3 Å². The molecule has 2 aromatic heterocycles. The highest BCUT2D eigenvalue weighted by molar-refractivity contribution is 8.26. The number of thioether (sulfide) groups is 1. The van der Waals surface area contributed by atoms with Gasteiger partial charge in [0.15, 0.2) is 5.65 Å². The minimum absolute atomic E-state index is 0.206. The Morgan fingerprint density at radius 2 is 2.24 bits per heavy atom. The zero-order valence-corrected chi connectivity index (χ0v) is 15.0. The Morgan fingerprint density at radius 1 is 1.36 bits per heavy atom. The fourth-order valence-corrected chi connectivity index (χ4v) is 3.56. The number of amides is 1. The van der Waals surface area contributed by atoms with E-state index >= 15 is 0 Å². The zero-order valence-electron chi connectivity index (χ0n) is 12.6. The molecule has 3 heterocycles. The highest BCUT2D eigenvalue weighted by atomic mass is 35.5. The molecule has 1 saturated heterocycles. The van der Waals surface area contributed by atoms with Crippen molar-refractivity contribution in [2.45, 2.75) is 0 Å². The average molecular weight is 388 g/mol. The molecule has 1 amide bonds. The van der Waals surface area contributed by atoms with E-state index in [1.807, 2.05) is 24.3 Å². The van der Waals surface area contributed by atoms with Gasteiger partial charge in [-0.1, -0.05) is 41.6 Å². The Morgan fingerprint density at radius 3 is 3.00 bits per heavy atom. The fraction of sp³-hybridized carbons (Fsp3) is 0. The van der Waals surface area contributed by atoms with Crippen molar-refractivity contribution in [2.24, 2.45) is 0 Å². The Kier molecular flexibility index (Phi) is 4.16. The molecule has 0 saturated carbocycles. The molecule has 25 heavy (non-hydrogen) atoms. The monoisotopic (exact) mass is 387 g/mol. The predicted octanol–water partition coefficient (Wildman–Crippen LogP) is 3.62. The van der Waals surface area contributed by atoms with Gasteiger partial charge < -0.3 is 10.6 Å². The summed E-state index contributed by atoms with van der Waals surface area (Å²) in [5.74, 6) is 0.441. The highest BCUT2D eigenvalue weighted by Crippen LogP contribution is 2.27. The molecule has 1 aliphatic heterocycles. The van der Waals surface area contributed by atoms with Crippen molar-refractivity contribution in [1.82, 2.24) is 19.9 Å². The van der Waals surface area contributed by atoms with Gasteiger partial charge in [0.2, 0.25) is 0 Å². The second-order valence-electron chi connectivity index (χ2n) is 5.17. The van der Waals surface area contributed by atoms with E-state index in [0.29, 0.717) is 25.7 Å². The summed E-state index contributed by atoms with van der Waals surface area (Å²) in [5.41, 5.74) is 2.20. The van der Waals surface area contributed by atoms with Gasteiger partial charge in [-0.2, -0.15) is 5.10 Å². The van der Waals surface area contributed by atoms with Crippen molar-refractivity contribution in [3.8, 4) is 0 Å². The molecule has 0 unspecified atom stereocenters. The molecule has 6 nitrogen and oxygen atoms in total. The van der Waals surface area contributed by atoms with Crippen molar-refractivity contribution < 1.29 is 4.79 Å². The number of carbonyl (C=O) groups is 1. The van der Waals surface area contributed by atoms with Gasteiger partial charge in [0.05, 0.1) is 11.1 Å². The van der Waals surface area contributed by atoms with Crippen LogP contribution < -0.4 is 10.6 Å². The quantitative estimate of drug-likeness (QED) is 0.528. The number of aromatic nitrogens is 3. The normalized spacial score (nSPS) is 15.8. The summed E-state index contributed by atoms with van der Waals surface area (Å²) in [4.78, 5) is 16.9. The number of benzene rings is 1. The van der Waals surface area contributed by atoms with Crippen LogP contribution in [0.2, 0.25) is 5.02 Å². The Bertz CT molecular complexity index is 1050. The minimum Gasteiger partial charge on any atom is -0.340 e. The van der Waals surface area contributed by atoms with Crippen LogP contribution in [-0.4, -0.2) is 24.8 Å². The highest BCUT2D eigenvalue weighted by Gasteiger charge is 2.22. The van der Waals surface area contributed by atoms with Crippen molar-refractivity contribution in [2.75, 3.05) is 5.32 Å². The van der Waals surface area contributed by atoms with Gasteiger partial charge in [0, 0.05) is 22.5 Å². The lowest BCUT2D eigenvalue weighted by molar-refractivity contribution is -0.115. The number of nitrogens with zero attached hydrogens (tertiary/aromatic N) is 3. The van der Waals surface area contributed by atoms with Crippen molar-refractivity contribution in [3.05, 3.63) is 58.2 Å². The van der Waals surface area contributed by atoms with Crippen molar-refractivity contribution in [1.29, 1.82) is 0 Å². The van der Waals surface area contributed by atoms with E-state index in [1.54, 1.807) is 29.1 Å². The first-order valence-electron chi connectivity index (χ1n) is 7.20. The van der Waals surface area contributed by atoms with Crippen LogP contribution in [0.4, 0.5) is 11.5 Å². The van der Waals surface area contributed by atoms with Crippen LogP contribution >= 0.6 is 35.6 Å². The van der Waals surface area contributed by atoms with Crippen LogP contribution in [-0.2, 0) is 4.79 Å². The van der Waals surface area contributed by atoms with E-state index in [1.165, 1.54) is 11.8 Å². The third kappa shape index (κ3) is 3.37. The number of thiocarbonyl (C=S) groups is 1. The molecule has 124 valence electrons. The number of nitrogens with one attached hydrogen (secondary N) is 2. The molecule has 9 heteroatoms. The molecule has 2 N–H and O–H groups in total. The van der Waals surface area contributed by atoms with Crippen LogP contribution in [0, 0.1) is 0 Å². The minimum atomic E-state index is -0.206. The average Bonchev–Trinajstić information content (AvgIpc) is 3.11. The molecule has 1 aliphatic rings.